The zero-order valence-electron chi connectivity index (χ0n) is 16.0. The Hall–Kier alpha value is -2.32. The molecule has 0 aliphatic rings. The fourth-order valence-corrected chi connectivity index (χ4v) is 4.45. The summed E-state index contributed by atoms with van der Waals surface area (Å²) >= 11 is 3.62. The molecular weight excluding hydrogens is 394 g/mol. The van der Waals surface area contributed by atoms with E-state index < -0.39 is 0 Å². The quantitative estimate of drug-likeness (QED) is 0.416. The van der Waals surface area contributed by atoms with Crippen molar-refractivity contribution in [2.75, 3.05) is 12.4 Å². The highest BCUT2D eigenvalue weighted by atomic mass is 79.9. The van der Waals surface area contributed by atoms with E-state index in [0.717, 1.165) is 17.3 Å². The Morgan fingerprint density at radius 2 is 1.74 bits per heavy atom. The molecule has 3 rings (SSSR count). The lowest BCUT2D eigenvalue weighted by Gasteiger charge is -2.32. The molecule has 0 aromatic heterocycles. The normalized spacial score (nSPS) is 13.6. The number of anilines is 1. The predicted octanol–water partition coefficient (Wildman–Crippen LogP) is 7.54. The molecule has 1 atom stereocenters. The van der Waals surface area contributed by atoms with E-state index in [4.69, 9.17) is 0 Å². The van der Waals surface area contributed by atoms with Gasteiger partial charge in [0.15, 0.2) is 0 Å². The van der Waals surface area contributed by atoms with Crippen LogP contribution in [0.5, 0.6) is 0 Å². The van der Waals surface area contributed by atoms with Crippen molar-refractivity contribution in [2.24, 2.45) is 0 Å². The minimum atomic E-state index is -0.0783. The highest BCUT2D eigenvalue weighted by molar-refractivity contribution is 9.11. The molecule has 0 heterocycles. The van der Waals surface area contributed by atoms with Crippen molar-refractivity contribution in [1.29, 1.82) is 0 Å². The van der Waals surface area contributed by atoms with E-state index in [1.54, 1.807) is 0 Å². The van der Waals surface area contributed by atoms with Crippen molar-refractivity contribution < 1.29 is 0 Å². The lowest BCUT2D eigenvalue weighted by molar-refractivity contribution is 0.489. The number of hydrogen-bond donors (Lipinski definition) is 1. The molecule has 1 N–H and O–H groups in total. The number of halogens is 1. The second-order valence-electron chi connectivity index (χ2n) is 7.23. The lowest BCUT2D eigenvalue weighted by atomic mass is 9.73. The molecule has 3 aromatic carbocycles. The first-order valence-electron chi connectivity index (χ1n) is 9.28. The number of nitrogens with one attached hydrogen (secondary N) is 1. The Morgan fingerprint density at radius 1 is 1.04 bits per heavy atom. The smallest absolute Gasteiger partial charge is 0.0382 e. The summed E-state index contributed by atoms with van der Waals surface area (Å²) in [5.74, 6) is 0. The summed E-state index contributed by atoms with van der Waals surface area (Å²) < 4.78 is 1.02. The summed E-state index contributed by atoms with van der Waals surface area (Å²) in [6.45, 7) is 6.47. The van der Waals surface area contributed by atoms with Crippen molar-refractivity contribution in [1.82, 2.24) is 0 Å². The van der Waals surface area contributed by atoms with Gasteiger partial charge in [-0.1, -0.05) is 102 Å². The van der Waals surface area contributed by atoms with Gasteiger partial charge in [-0.15, -0.1) is 0 Å². The molecule has 1 unspecified atom stereocenters. The van der Waals surface area contributed by atoms with Crippen LogP contribution in [-0.2, 0) is 5.41 Å². The van der Waals surface area contributed by atoms with Gasteiger partial charge in [0.05, 0.1) is 0 Å². The maximum Gasteiger partial charge on any atom is 0.0382 e. The van der Waals surface area contributed by atoms with Crippen LogP contribution in [0.2, 0.25) is 0 Å². The van der Waals surface area contributed by atoms with Gasteiger partial charge in [-0.2, -0.15) is 0 Å². The van der Waals surface area contributed by atoms with Gasteiger partial charge in [0.25, 0.3) is 0 Å². The third-order valence-corrected chi connectivity index (χ3v) is 5.34. The van der Waals surface area contributed by atoms with Gasteiger partial charge in [-0.05, 0) is 45.3 Å². The highest BCUT2D eigenvalue weighted by Crippen LogP contribution is 2.43. The van der Waals surface area contributed by atoms with Crippen LogP contribution < -0.4 is 5.32 Å². The van der Waals surface area contributed by atoms with E-state index in [-0.39, 0.29) is 5.41 Å². The Bertz CT molecular complexity index is 958. The molecule has 2 heteroatoms. The Kier molecular flexibility index (Phi) is 6.18. The molecule has 27 heavy (non-hydrogen) atoms. The molecule has 0 aliphatic heterocycles. The van der Waals surface area contributed by atoms with Crippen molar-refractivity contribution in [3.8, 4) is 0 Å². The van der Waals surface area contributed by atoms with Crippen molar-refractivity contribution >= 4 is 38.5 Å². The average Bonchev–Trinajstić information content (AvgIpc) is 2.67. The molecule has 138 valence electrons. The van der Waals surface area contributed by atoms with Crippen molar-refractivity contribution in [3.05, 3.63) is 95.0 Å². The summed E-state index contributed by atoms with van der Waals surface area (Å²) in [5.41, 5.74) is 3.68. The Labute approximate surface area is 170 Å². The van der Waals surface area contributed by atoms with Gasteiger partial charge in [0.2, 0.25) is 0 Å². The molecule has 0 spiro atoms. The van der Waals surface area contributed by atoms with Crippen LogP contribution in [0.25, 0.3) is 16.8 Å². The molecule has 3 aromatic rings. The van der Waals surface area contributed by atoms with E-state index in [2.05, 4.69) is 108 Å². The van der Waals surface area contributed by atoms with Gasteiger partial charge < -0.3 is 5.32 Å². The van der Waals surface area contributed by atoms with Crippen LogP contribution in [-0.4, -0.2) is 7.05 Å². The van der Waals surface area contributed by atoms with Crippen LogP contribution in [0.1, 0.15) is 30.9 Å². The minimum absolute atomic E-state index is 0.0783. The third kappa shape index (κ3) is 4.51. The molecule has 0 saturated heterocycles. The maximum atomic E-state index is 4.14. The van der Waals surface area contributed by atoms with Gasteiger partial charge in [0.1, 0.15) is 0 Å². The SMILES string of the molecule is C=C(Br)CC(C)(C/C=C/c1ccccc1)c1c(NC)ccc2ccccc12. The molecule has 0 radical (unpaired) electrons. The fourth-order valence-electron chi connectivity index (χ4n) is 3.84. The average molecular weight is 420 g/mol. The second kappa shape index (κ2) is 8.58. The summed E-state index contributed by atoms with van der Waals surface area (Å²) in [6, 6.07) is 23.5. The molecule has 0 fully saturated rings. The number of hydrogen-bond acceptors (Lipinski definition) is 1. The van der Waals surface area contributed by atoms with Crippen molar-refractivity contribution in [3.63, 3.8) is 0 Å². The van der Waals surface area contributed by atoms with E-state index in [0.29, 0.717) is 0 Å². The summed E-state index contributed by atoms with van der Waals surface area (Å²) in [4.78, 5) is 0. The van der Waals surface area contributed by atoms with Crippen LogP contribution >= 0.6 is 15.9 Å². The highest BCUT2D eigenvalue weighted by Gasteiger charge is 2.30. The Morgan fingerprint density at radius 3 is 2.44 bits per heavy atom. The van der Waals surface area contributed by atoms with E-state index in [9.17, 15) is 0 Å². The fraction of sp³-hybridized carbons (Fsp3) is 0.200. The van der Waals surface area contributed by atoms with Crippen LogP contribution in [0.4, 0.5) is 5.69 Å². The summed E-state index contributed by atoms with van der Waals surface area (Å²) in [5, 5.41) is 5.97. The molecular formula is C25H26BrN. The van der Waals surface area contributed by atoms with Gasteiger partial charge in [-0.25, -0.2) is 0 Å². The van der Waals surface area contributed by atoms with Gasteiger partial charge in [-0.3, -0.25) is 0 Å². The topological polar surface area (TPSA) is 12.0 Å². The monoisotopic (exact) mass is 419 g/mol. The molecule has 0 aliphatic carbocycles. The van der Waals surface area contributed by atoms with E-state index in [1.807, 2.05) is 13.1 Å². The molecule has 0 saturated carbocycles. The third-order valence-electron chi connectivity index (χ3n) is 5.06. The molecule has 0 amide bonds. The number of fused-ring (bicyclic) bond motifs is 1. The number of rotatable bonds is 7. The first-order chi connectivity index (χ1) is 13.0. The standard InChI is InChI=1S/C25H26BrN/c1-19(26)18-25(2,17-9-12-20-10-5-4-6-11-20)24-22-14-8-7-13-21(22)15-16-23(24)27-3/h4-16,27H,1,17-18H2,2-3H3/b12-9+. The number of benzene rings is 3. The zero-order chi connectivity index (χ0) is 19.3. The zero-order valence-corrected chi connectivity index (χ0v) is 17.6. The van der Waals surface area contributed by atoms with Crippen LogP contribution in [0.3, 0.4) is 0 Å². The van der Waals surface area contributed by atoms with Crippen molar-refractivity contribution in [2.45, 2.75) is 25.2 Å². The first kappa shape index (κ1) is 19.4. The van der Waals surface area contributed by atoms with Crippen LogP contribution in [0, 0.1) is 0 Å². The lowest BCUT2D eigenvalue weighted by Crippen LogP contribution is -2.23. The second-order valence-corrected chi connectivity index (χ2v) is 8.35. The first-order valence-corrected chi connectivity index (χ1v) is 10.1. The summed E-state index contributed by atoms with van der Waals surface area (Å²) in [6.07, 6.45) is 6.29. The van der Waals surface area contributed by atoms with E-state index in [1.165, 1.54) is 27.6 Å². The summed E-state index contributed by atoms with van der Waals surface area (Å²) in [7, 11) is 2.00. The van der Waals surface area contributed by atoms with Crippen LogP contribution in [0.15, 0.2) is 83.9 Å². The minimum Gasteiger partial charge on any atom is -0.388 e. The maximum absolute atomic E-state index is 4.14. The largest absolute Gasteiger partial charge is 0.388 e. The Balaban J connectivity index is 2.07. The van der Waals surface area contributed by atoms with Gasteiger partial charge >= 0.3 is 0 Å². The van der Waals surface area contributed by atoms with Gasteiger partial charge in [0, 0.05) is 18.2 Å². The van der Waals surface area contributed by atoms with E-state index >= 15 is 0 Å². The molecule has 0 bridgehead atoms. The predicted molar refractivity (Wildman–Crippen MR) is 124 cm³/mol. The number of allylic oxidation sites excluding steroid dienone is 2. The molecule has 1 nitrogen and oxygen atoms in total.